The fraction of sp³-hybridized carbons (Fsp3) is 0.158. The third-order valence-electron chi connectivity index (χ3n) is 3.93. The SMILES string of the molecule is O=C(NCC(c1ccco1)c1cccs1)C(=O)Nc1ccccc1C(F)(F)F. The topological polar surface area (TPSA) is 71.3 Å². The Labute approximate surface area is 162 Å². The maximum Gasteiger partial charge on any atom is 0.418 e. The van der Waals surface area contributed by atoms with E-state index in [0.29, 0.717) is 5.76 Å². The summed E-state index contributed by atoms with van der Waals surface area (Å²) in [6, 6.07) is 11.6. The molecular weight excluding hydrogens is 393 g/mol. The second-order valence-electron chi connectivity index (χ2n) is 5.79. The van der Waals surface area contributed by atoms with Crippen LogP contribution in [0.2, 0.25) is 0 Å². The number of carbonyl (C=O) groups is 2. The fourth-order valence-corrected chi connectivity index (χ4v) is 3.45. The number of rotatable bonds is 5. The van der Waals surface area contributed by atoms with E-state index in [1.165, 1.54) is 29.7 Å². The Hall–Kier alpha value is -3.07. The van der Waals surface area contributed by atoms with Crippen molar-refractivity contribution < 1.29 is 27.2 Å². The molecule has 3 aromatic rings. The summed E-state index contributed by atoms with van der Waals surface area (Å²) < 4.78 is 44.4. The number of hydrogen-bond acceptors (Lipinski definition) is 4. The highest BCUT2D eigenvalue weighted by atomic mass is 32.1. The molecule has 2 aromatic heterocycles. The van der Waals surface area contributed by atoms with Gasteiger partial charge >= 0.3 is 18.0 Å². The molecule has 9 heteroatoms. The molecule has 0 aliphatic rings. The van der Waals surface area contributed by atoms with Crippen LogP contribution in [0.15, 0.2) is 64.6 Å². The fourth-order valence-electron chi connectivity index (χ4n) is 2.61. The lowest BCUT2D eigenvalue weighted by Gasteiger charge is -2.15. The largest absolute Gasteiger partial charge is 0.469 e. The van der Waals surface area contributed by atoms with Crippen LogP contribution in [-0.2, 0) is 15.8 Å². The second-order valence-corrected chi connectivity index (χ2v) is 6.77. The summed E-state index contributed by atoms with van der Waals surface area (Å²) in [4.78, 5) is 25.1. The van der Waals surface area contributed by atoms with E-state index < -0.39 is 29.2 Å². The molecule has 0 saturated heterocycles. The summed E-state index contributed by atoms with van der Waals surface area (Å²) >= 11 is 1.46. The van der Waals surface area contributed by atoms with Crippen LogP contribution in [0.3, 0.4) is 0 Å². The Morgan fingerprint density at radius 3 is 2.46 bits per heavy atom. The van der Waals surface area contributed by atoms with E-state index in [2.05, 4.69) is 5.32 Å². The normalized spacial score (nSPS) is 12.4. The number of thiophene rings is 1. The van der Waals surface area contributed by atoms with Gasteiger partial charge in [-0.1, -0.05) is 18.2 Å². The van der Waals surface area contributed by atoms with Crippen LogP contribution in [0.4, 0.5) is 18.9 Å². The first-order chi connectivity index (χ1) is 13.4. The van der Waals surface area contributed by atoms with Gasteiger partial charge in [0.1, 0.15) is 5.76 Å². The Morgan fingerprint density at radius 1 is 1.04 bits per heavy atom. The average Bonchev–Trinajstić information content (AvgIpc) is 3.36. The van der Waals surface area contributed by atoms with Gasteiger partial charge in [0.25, 0.3) is 0 Å². The molecule has 0 saturated carbocycles. The molecule has 146 valence electrons. The van der Waals surface area contributed by atoms with E-state index in [1.807, 2.05) is 22.8 Å². The third kappa shape index (κ3) is 4.61. The molecule has 2 heterocycles. The van der Waals surface area contributed by atoms with Crippen LogP contribution in [-0.4, -0.2) is 18.4 Å². The van der Waals surface area contributed by atoms with Gasteiger partial charge in [-0.15, -0.1) is 11.3 Å². The predicted molar refractivity (Wildman–Crippen MR) is 98.0 cm³/mol. The van der Waals surface area contributed by atoms with Crippen molar-refractivity contribution in [2.45, 2.75) is 12.1 Å². The highest BCUT2D eigenvalue weighted by molar-refractivity contribution is 7.10. The molecule has 3 rings (SSSR count). The first-order valence-corrected chi connectivity index (χ1v) is 9.06. The van der Waals surface area contributed by atoms with Crippen molar-refractivity contribution in [3.8, 4) is 0 Å². The monoisotopic (exact) mass is 408 g/mol. The summed E-state index contributed by atoms with van der Waals surface area (Å²) in [6.07, 6.45) is -3.15. The lowest BCUT2D eigenvalue weighted by Crippen LogP contribution is -2.38. The van der Waals surface area contributed by atoms with Crippen molar-refractivity contribution in [2.75, 3.05) is 11.9 Å². The van der Waals surface area contributed by atoms with E-state index in [4.69, 9.17) is 4.42 Å². The van der Waals surface area contributed by atoms with Crippen LogP contribution >= 0.6 is 11.3 Å². The lowest BCUT2D eigenvalue weighted by molar-refractivity contribution is -0.138. The highest BCUT2D eigenvalue weighted by Crippen LogP contribution is 2.34. The van der Waals surface area contributed by atoms with E-state index in [1.54, 1.807) is 12.1 Å². The van der Waals surface area contributed by atoms with Crippen molar-refractivity contribution in [3.05, 3.63) is 76.4 Å². The molecule has 0 fully saturated rings. The minimum atomic E-state index is -4.65. The van der Waals surface area contributed by atoms with E-state index >= 15 is 0 Å². The zero-order chi connectivity index (χ0) is 20.1. The first-order valence-electron chi connectivity index (χ1n) is 8.18. The number of para-hydroxylation sites is 1. The summed E-state index contributed by atoms with van der Waals surface area (Å²) in [5.41, 5.74) is -1.50. The molecule has 1 aromatic carbocycles. The maximum absolute atomic E-state index is 13.0. The minimum absolute atomic E-state index is 0.0567. The number of alkyl halides is 3. The molecule has 2 N–H and O–H groups in total. The van der Waals surface area contributed by atoms with Crippen molar-refractivity contribution in [1.29, 1.82) is 0 Å². The summed E-state index contributed by atoms with van der Waals surface area (Å²) in [7, 11) is 0. The predicted octanol–water partition coefficient (Wildman–Crippen LogP) is 4.25. The van der Waals surface area contributed by atoms with Crippen molar-refractivity contribution in [1.82, 2.24) is 5.32 Å². The third-order valence-corrected chi connectivity index (χ3v) is 4.91. The molecule has 0 bridgehead atoms. The van der Waals surface area contributed by atoms with Gasteiger partial charge in [0, 0.05) is 11.4 Å². The molecule has 1 atom stereocenters. The van der Waals surface area contributed by atoms with Gasteiger partial charge in [-0.3, -0.25) is 9.59 Å². The van der Waals surface area contributed by atoms with Crippen molar-refractivity contribution in [3.63, 3.8) is 0 Å². The summed E-state index contributed by atoms with van der Waals surface area (Å²) in [5, 5.41) is 6.34. The van der Waals surface area contributed by atoms with E-state index in [-0.39, 0.29) is 12.5 Å². The van der Waals surface area contributed by atoms with Crippen molar-refractivity contribution in [2.24, 2.45) is 0 Å². The van der Waals surface area contributed by atoms with Gasteiger partial charge < -0.3 is 15.1 Å². The van der Waals surface area contributed by atoms with Gasteiger partial charge in [-0.25, -0.2) is 0 Å². The molecular formula is C19H15F3N2O3S. The maximum atomic E-state index is 13.0. The number of halogens is 3. The van der Waals surface area contributed by atoms with Crippen LogP contribution in [0.25, 0.3) is 0 Å². The second kappa shape index (κ2) is 8.30. The van der Waals surface area contributed by atoms with E-state index in [9.17, 15) is 22.8 Å². The molecule has 5 nitrogen and oxygen atoms in total. The molecule has 0 radical (unpaired) electrons. The molecule has 0 aliphatic carbocycles. The molecule has 1 unspecified atom stereocenters. The van der Waals surface area contributed by atoms with Gasteiger partial charge in [-0.2, -0.15) is 13.2 Å². The molecule has 0 aliphatic heterocycles. The molecule has 28 heavy (non-hydrogen) atoms. The summed E-state index contributed by atoms with van der Waals surface area (Å²) in [6.45, 7) is 0.0567. The van der Waals surface area contributed by atoms with Crippen LogP contribution in [0.1, 0.15) is 22.1 Å². The van der Waals surface area contributed by atoms with Gasteiger partial charge in [0.15, 0.2) is 0 Å². The van der Waals surface area contributed by atoms with Crippen LogP contribution in [0.5, 0.6) is 0 Å². The smallest absolute Gasteiger partial charge is 0.418 e. The number of anilines is 1. The zero-order valence-electron chi connectivity index (χ0n) is 14.3. The first kappa shape index (κ1) is 19.7. The standard InChI is InChI=1S/C19H15F3N2O3S/c20-19(21,22)13-5-1-2-6-14(13)24-18(26)17(25)23-11-12(15-7-3-9-27-15)16-8-4-10-28-16/h1-10,12H,11H2,(H,23,25)(H,24,26). The number of hydrogen-bond donors (Lipinski definition) is 2. The van der Waals surface area contributed by atoms with Gasteiger partial charge in [0.05, 0.1) is 23.4 Å². The molecule has 2 amide bonds. The average molecular weight is 408 g/mol. The van der Waals surface area contributed by atoms with Crippen LogP contribution in [0, 0.1) is 0 Å². The Kier molecular flexibility index (Phi) is 5.84. The molecule has 0 spiro atoms. The van der Waals surface area contributed by atoms with Crippen molar-refractivity contribution >= 4 is 28.8 Å². The zero-order valence-corrected chi connectivity index (χ0v) is 15.1. The Morgan fingerprint density at radius 2 is 1.82 bits per heavy atom. The minimum Gasteiger partial charge on any atom is -0.469 e. The Bertz CT molecular complexity index is 904. The lowest BCUT2D eigenvalue weighted by atomic mass is 10.0. The van der Waals surface area contributed by atoms with Gasteiger partial charge in [0.2, 0.25) is 0 Å². The number of carbonyl (C=O) groups excluding carboxylic acids is 2. The summed E-state index contributed by atoms with van der Waals surface area (Å²) in [5.74, 6) is -1.93. The highest BCUT2D eigenvalue weighted by Gasteiger charge is 2.34. The van der Waals surface area contributed by atoms with Crippen LogP contribution < -0.4 is 10.6 Å². The Balaban J connectivity index is 1.67. The number of amides is 2. The van der Waals surface area contributed by atoms with Gasteiger partial charge in [-0.05, 0) is 35.7 Å². The quantitative estimate of drug-likeness (QED) is 0.620. The number of benzene rings is 1. The number of nitrogens with one attached hydrogen (secondary N) is 2. The number of furan rings is 1. The van der Waals surface area contributed by atoms with E-state index in [0.717, 1.165) is 17.0 Å².